The van der Waals surface area contributed by atoms with Crippen molar-refractivity contribution in [2.24, 2.45) is 10.1 Å². The number of benzene rings is 5. The van der Waals surface area contributed by atoms with Gasteiger partial charge in [-0.2, -0.15) is 5.10 Å². The maximum Gasteiger partial charge on any atom is 0.508 e. The van der Waals surface area contributed by atoms with Gasteiger partial charge >= 0.3 is 6.16 Å². The Labute approximate surface area is 381 Å². The van der Waals surface area contributed by atoms with E-state index >= 15 is 0 Å². The predicted octanol–water partition coefficient (Wildman–Crippen LogP) is 6.41. The lowest BCUT2D eigenvalue weighted by Gasteiger charge is -2.40. The van der Waals surface area contributed by atoms with Gasteiger partial charge in [0.05, 0.1) is 30.9 Å². The number of rotatable bonds is 12. The lowest BCUT2D eigenvalue weighted by molar-refractivity contribution is -0.278. The number of hydrazone groups is 1. The number of aliphatic hydroxyl groups is 3. The van der Waals surface area contributed by atoms with Crippen molar-refractivity contribution in [1.82, 2.24) is 9.73 Å². The maximum absolute atomic E-state index is 12.9. The lowest BCUT2D eigenvalue weighted by atomic mass is 9.91. The van der Waals surface area contributed by atoms with Gasteiger partial charge in [0.15, 0.2) is 0 Å². The normalized spacial score (nSPS) is 20.9. The molecule has 0 bridgehead atoms. The predicted molar refractivity (Wildman–Crippen MR) is 242 cm³/mol. The molecule has 0 radical (unpaired) electrons. The van der Waals surface area contributed by atoms with Crippen molar-refractivity contribution >= 4 is 51.1 Å². The molecule has 6 atom stereocenters. The molecule has 15 nitrogen and oxygen atoms in total. The van der Waals surface area contributed by atoms with Crippen LogP contribution in [0.2, 0.25) is 10.0 Å². The molecule has 2 aliphatic rings. The van der Waals surface area contributed by atoms with E-state index in [1.807, 2.05) is 91.0 Å². The quantitative estimate of drug-likeness (QED) is 0.0611. The van der Waals surface area contributed by atoms with Crippen LogP contribution in [-0.4, -0.2) is 111 Å². The summed E-state index contributed by atoms with van der Waals surface area (Å²) < 4.78 is 54.6. The number of para-hydroxylation sites is 1. The molecule has 5 aromatic carbocycles. The average Bonchev–Trinajstić information content (AvgIpc) is 3.75. The second-order valence-corrected chi connectivity index (χ2v) is 17.0. The molecule has 0 aromatic heterocycles. The average molecular weight is 936 g/mol. The van der Waals surface area contributed by atoms with Gasteiger partial charge in [-0.05, 0) is 83.8 Å². The van der Waals surface area contributed by atoms with Crippen LogP contribution < -0.4 is 14.2 Å². The Balaban J connectivity index is 0.000000213. The first kappa shape index (κ1) is 47.8. The monoisotopic (exact) mass is 934 g/mol. The molecule has 64 heavy (non-hydrogen) atoms. The van der Waals surface area contributed by atoms with Crippen LogP contribution in [0.4, 0.5) is 4.79 Å². The van der Waals surface area contributed by atoms with E-state index in [1.165, 1.54) is 31.3 Å². The molecule has 1 fully saturated rings. The Bertz CT molecular complexity index is 2480. The van der Waals surface area contributed by atoms with Gasteiger partial charge in [0.1, 0.15) is 42.5 Å². The van der Waals surface area contributed by atoms with Crippen LogP contribution in [-0.2, 0) is 30.7 Å². The second-order valence-electron chi connectivity index (χ2n) is 14.4. The summed E-state index contributed by atoms with van der Waals surface area (Å²) in [7, 11) is -0.741. The smallest absolute Gasteiger partial charge is 0.497 e. The number of guanidine groups is 1. The number of carbonyl (C=O) groups excluding carboxylic acids is 1. The van der Waals surface area contributed by atoms with Crippen LogP contribution in [0.3, 0.4) is 0 Å². The first-order valence-corrected chi connectivity index (χ1v) is 22.3. The zero-order valence-electron chi connectivity index (χ0n) is 35.0. The largest absolute Gasteiger partial charge is 0.508 e. The minimum absolute atomic E-state index is 0.0749. The highest BCUT2D eigenvalue weighted by atomic mass is 35.5. The van der Waals surface area contributed by atoms with Crippen LogP contribution in [0.25, 0.3) is 0 Å². The highest BCUT2D eigenvalue weighted by Gasteiger charge is 2.45. The minimum Gasteiger partial charge on any atom is -0.497 e. The molecule has 0 unspecified atom stereocenters. The van der Waals surface area contributed by atoms with Gasteiger partial charge in [0.2, 0.25) is 12.2 Å². The summed E-state index contributed by atoms with van der Waals surface area (Å²) >= 11 is 11.9. The molecule has 2 heterocycles. The molecule has 2 aliphatic heterocycles. The zero-order chi connectivity index (χ0) is 45.8. The van der Waals surface area contributed by atoms with Crippen molar-refractivity contribution in [2.75, 3.05) is 33.9 Å². The Morgan fingerprint density at radius 2 is 1.48 bits per heavy atom. The molecule has 338 valence electrons. The molecule has 5 aromatic rings. The van der Waals surface area contributed by atoms with Crippen molar-refractivity contribution in [2.45, 2.75) is 54.9 Å². The van der Waals surface area contributed by atoms with Crippen LogP contribution in [0, 0.1) is 0 Å². The van der Waals surface area contributed by atoms with Crippen molar-refractivity contribution in [3.05, 3.63) is 160 Å². The number of aliphatic hydroxyl groups excluding tert-OH is 3. The fourth-order valence-electron chi connectivity index (χ4n) is 6.78. The standard InChI is InChI=1S/C23H20Cl2N4O2S.C23H28O9/c1-26-23(28-32(30,31)20-13-11-19(25)12-14-20)29-15-21(16-5-3-2-4-6-16)22(27-29)17-7-9-18(24)10-8-17;1-3-29-23(27)30-13-18-19(24)20(25)21(26)22(32-18)31-17-7-5-4-6-15(17)12-14-8-10-16(28-2)11-9-14/h2-14,21H,15H2,1H3,(H,26,28);4-11,18-22,24-26H,3,12-13H2,1-2H3/t21-;18-,19-,20+,21-,22-/m11/s1. The summed E-state index contributed by atoms with van der Waals surface area (Å²) in [6, 6.07) is 38.1. The van der Waals surface area contributed by atoms with Crippen LogP contribution >= 0.6 is 23.2 Å². The number of methoxy groups -OCH3 is 1. The highest BCUT2D eigenvalue weighted by molar-refractivity contribution is 7.90. The van der Waals surface area contributed by atoms with Crippen molar-refractivity contribution in [3.8, 4) is 11.5 Å². The molecule has 0 saturated carbocycles. The van der Waals surface area contributed by atoms with E-state index in [2.05, 4.69) is 14.5 Å². The third kappa shape index (κ3) is 12.3. The number of nitrogens with one attached hydrogen (secondary N) is 1. The SMILES string of the molecule is CCOC(=O)OC[C@H]1O[C@@H](Oc2ccccc2Cc2ccc(OC)cc2)[C@H](O)[C@@H](O)[C@@H]1O.CN=C(NS(=O)(=O)c1ccc(Cl)cc1)N1C[C@H](c2ccccc2)C(c2ccc(Cl)cc2)=N1. The number of sulfonamides is 1. The van der Waals surface area contributed by atoms with Crippen LogP contribution in [0.1, 0.15) is 35.1 Å². The molecule has 0 aliphatic carbocycles. The number of ether oxygens (including phenoxy) is 5. The molecular weight excluding hydrogens is 887 g/mol. The molecule has 7 rings (SSSR count). The molecular formula is C46H48Cl2N4O11S. The number of hydrogen-bond donors (Lipinski definition) is 4. The Morgan fingerprint density at radius 1 is 0.844 bits per heavy atom. The Kier molecular flexibility index (Phi) is 16.6. The van der Waals surface area contributed by atoms with E-state index in [4.69, 9.17) is 47.3 Å². The molecule has 0 spiro atoms. The minimum atomic E-state index is -3.86. The van der Waals surface area contributed by atoms with E-state index < -0.39 is 46.9 Å². The van der Waals surface area contributed by atoms with Crippen LogP contribution in [0.5, 0.6) is 11.5 Å². The van der Waals surface area contributed by atoms with E-state index in [0.29, 0.717) is 28.8 Å². The van der Waals surface area contributed by atoms with Crippen LogP contribution in [0.15, 0.2) is 142 Å². The first-order chi connectivity index (χ1) is 30.8. The lowest BCUT2D eigenvalue weighted by Crippen LogP contribution is -2.60. The van der Waals surface area contributed by atoms with Gasteiger partial charge in [-0.15, -0.1) is 0 Å². The Morgan fingerprint density at radius 3 is 2.12 bits per heavy atom. The molecule has 4 N–H and O–H groups in total. The third-order valence-electron chi connectivity index (χ3n) is 10.1. The van der Waals surface area contributed by atoms with Gasteiger partial charge < -0.3 is 39.0 Å². The summed E-state index contributed by atoms with van der Waals surface area (Å²) in [5.74, 6) is 1.25. The molecule has 1 saturated heterocycles. The van der Waals surface area contributed by atoms with Gasteiger partial charge in [0.25, 0.3) is 10.0 Å². The van der Waals surface area contributed by atoms with Gasteiger partial charge in [-0.25, -0.2) is 22.9 Å². The molecule has 0 amide bonds. The van der Waals surface area contributed by atoms with Crippen molar-refractivity contribution in [3.63, 3.8) is 0 Å². The van der Waals surface area contributed by atoms with Gasteiger partial charge in [-0.1, -0.05) is 96.0 Å². The number of nitrogens with zero attached hydrogens (tertiary/aromatic N) is 3. The summed E-state index contributed by atoms with van der Waals surface area (Å²) in [6.07, 6.45) is -7.34. The number of halogens is 2. The number of hydrogen-bond acceptors (Lipinski definition) is 13. The summed E-state index contributed by atoms with van der Waals surface area (Å²) in [5.41, 5.74) is 4.62. The molecule has 18 heteroatoms. The summed E-state index contributed by atoms with van der Waals surface area (Å²) in [6.45, 7) is 1.81. The van der Waals surface area contributed by atoms with E-state index in [-0.39, 0.29) is 30.0 Å². The Hall–Kier alpha value is -5.72. The van der Waals surface area contributed by atoms with E-state index in [9.17, 15) is 28.5 Å². The van der Waals surface area contributed by atoms with Crippen molar-refractivity contribution in [1.29, 1.82) is 0 Å². The van der Waals surface area contributed by atoms with E-state index in [1.54, 1.807) is 31.2 Å². The van der Waals surface area contributed by atoms with Gasteiger partial charge in [0, 0.05) is 29.4 Å². The fourth-order valence-corrected chi connectivity index (χ4v) is 8.08. The topological polar surface area (TPSA) is 198 Å². The van der Waals surface area contributed by atoms with Crippen molar-refractivity contribution < 1.29 is 52.2 Å². The van der Waals surface area contributed by atoms with Gasteiger partial charge in [-0.3, -0.25) is 4.99 Å². The fraction of sp³-hybridized carbons (Fsp3) is 0.283. The third-order valence-corrected chi connectivity index (χ3v) is 12.0. The number of aliphatic imine (C=N–C) groups is 1. The first-order valence-electron chi connectivity index (χ1n) is 20.1. The zero-order valence-corrected chi connectivity index (χ0v) is 37.4. The summed E-state index contributed by atoms with van der Waals surface area (Å²) in [5, 5.41) is 38.2. The number of carbonyl (C=O) groups is 1. The summed E-state index contributed by atoms with van der Waals surface area (Å²) in [4.78, 5) is 15.7. The maximum atomic E-state index is 12.9. The second kappa shape index (κ2) is 22.3. The highest BCUT2D eigenvalue weighted by Crippen LogP contribution is 2.31. The van der Waals surface area contributed by atoms with E-state index in [0.717, 1.165) is 33.7 Å².